The van der Waals surface area contributed by atoms with Crippen LogP contribution >= 0.6 is 11.6 Å². The van der Waals surface area contributed by atoms with Crippen LogP contribution in [-0.2, 0) is 0 Å². The molecule has 21 heavy (non-hydrogen) atoms. The first kappa shape index (κ1) is 15.3. The van der Waals surface area contributed by atoms with E-state index in [9.17, 15) is 4.79 Å². The molecule has 0 fully saturated rings. The maximum absolute atomic E-state index is 12.3. The number of carbonyl (C=O) groups excluding carboxylic acids is 1. The van der Waals surface area contributed by atoms with Gasteiger partial charge in [-0.3, -0.25) is 4.79 Å². The molecule has 0 unspecified atom stereocenters. The van der Waals surface area contributed by atoms with Gasteiger partial charge in [-0.25, -0.2) is 4.98 Å². The van der Waals surface area contributed by atoms with Gasteiger partial charge in [0.1, 0.15) is 10.9 Å². The summed E-state index contributed by atoms with van der Waals surface area (Å²) in [5.41, 5.74) is 2.87. The Bertz CT molecular complexity index is 651. The first-order valence-corrected chi connectivity index (χ1v) is 7.06. The van der Waals surface area contributed by atoms with Crippen LogP contribution in [0.15, 0.2) is 30.3 Å². The summed E-state index contributed by atoms with van der Waals surface area (Å²) in [5.74, 6) is 0.412. The van der Waals surface area contributed by atoms with Crippen LogP contribution in [0.25, 0.3) is 0 Å². The number of amides is 1. The Morgan fingerprint density at radius 2 is 2.05 bits per heavy atom. The van der Waals surface area contributed by atoms with Crippen molar-refractivity contribution in [2.24, 2.45) is 0 Å². The largest absolute Gasteiger partial charge is 0.492 e. The summed E-state index contributed by atoms with van der Waals surface area (Å²) < 4.78 is 5.55. The minimum atomic E-state index is -0.243. The van der Waals surface area contributed by atoms with Gasteiger partial charge in [0.15, 0.2) is 0 Å². The van der Waals surface area contributed by atoms with Crippen molar-refractivity contribution >= 4 is 23.2 Å². The molecule has 2 rings (SSSR count). The first-order valence-electron chi connectivity index (χ1n) is 6.68. The minimum Gasteiger partial charge on any atom is -0.492 e. The minimum absolute atomic E-state index is 0.243. The normalized spacial score (nSPS) is 10.3. The Morgan fingerprint density at radius 1 is 1.29 bits per heavy atom. The number of aryl methyl sites for hydroxylation is 2. The number of benzene rings is 1. The number of carbonyl (C=O) groups is 1. The van der Waals surface area contributed by atoms with Crippen molar-refractivity contribution < 1.29 is 9.53 Å². The van der Waals surface area contributed by atoms with Gasteiger partial charge in [-0.15, -0.1) is 0 Å². The zero-order valence-corrected chi connectivity index (χ0v) is 13.0. The molecule has 110 valence electrons. The fraction of sp³-hybridized carbons (Fsp3) is 0.250. The third kappa shape index (κ3) is 3.95. The number of halogens is 1. The summed E-state index contributed by atoms with van der Waals surface area (Å²) >= 11 is 5.88. The number of aromatic nitrogens is 1. The van der Waals surface area contributed by atoms with Crippen molar-refractivity contribution in [3.8, 4) is 5.75 Å². The number of rotatable bonds is 4. The monoisotopic (exact) mass is 304 g/mol. The predicted molar refractivity (Wildman–Crippen MR) is 84.3 cm³/mol. The Hall–Kier alpha value is -2.07. The fourth-order valence-electron chi connectivity index (χ4n) is 1.96. The van der Waals surface area contributed by atoms with E-state index < -0.39 is 0 Å². The second-order valence-electron chi connectivity index (χ2n) is 4.71. The van der Waals surface area contributed by atoms with Crippen molar-refractivity contribution in [1.82, 2.24) is 4.98 Å². The molecule has 0 bridgehead atoms. The van der Waals surface area contributed by atoms with Crippen molar-refractivity contribution in [1.29, 1.82) is 0 Å². The highest BCUT2D eigenvalue weighted by atomic mass is 35.5. The van der Waals surface area contributed by atoms with Crippen LogP contribution in [0.2, 0.25) is 5.15 Å². The van der Waals surface area contributed by atoms with Crippen LogP contribution in [0.5, 0.6) is 5.75 Å². The summed E-state index contributed by atoms with van der Waals surface area (Å²) in [5, 5.41) is 3.14. The number of hydrogen-bond donors (Lipinski definition) is 1. The second kappa shape index (κ2) is 6.59. The quantitative estimate of drug-likeness (QED) is 0.869. The topological polar surface area (TPSA) is 51.2 Å². The van der Waals surface area contributed by atoms with Gasteiger partial charge in [0, 0.05) is 11.3 Å². The van der Waals surface area contributed by atoms with Crippen molar-refractivity contribution in [3.63, 3.8) is 0 Å². The average Bonchev–Trinajstić information content (AvgIpc) is 2.41. The number of anilines is 1. The van der Waals surface area contributed by atoms with Crippen LogP contribution in [0.1, 0.15) is 28.5 Å². The lowest BCUT2D eigenvalue weighted by molar-refractivity contribution is 0.102. The van der Waals surface area contributed by atoms with Gasteiger partial charge in [0.25, 0.3) is 5.91 Å². The predicted octanol–water partition coefficient (Wildman–Crippen LogP) is 4.00. The Kier molecular flexibility index (Phi) is 4.81. The molecule has 0 radical (unpaired) electrons. The summed E-state index contributed by atoms with van der Waals surface area (Å²) in [7, 11) is 0. The van der Waals surface area contributed by atoms with Crippen molar-refractivity contribution in [3.05, 3.63) is 52.3 Å². The maximum atomic E-state index is 12.3. The Balaban J connectivity index is 2.26. The third-order valence-electron chi connectivity index (χ3n) is 2.87. The highest BCUT2D eigenvalue weighted by molar-refractivity contribution is 6.29. The summed E-state index contributed by atoms with van der Waals surface area (Å²) in [4.78, 5) is 16.3. The summed E-state index contributed by atoms with van der Waals surface area (Å²) in [6.07, 6.45) is 0. The third-order valence-corrected chi connectivity index (χ3v) is 3.06. The van der Waals surface area contributed by atoms with Gasteiger partial charge in [-0.1, -0.05) is 17.7 Å². The van der Waals surface area contributed by atoms with E-state index in [4.69, 9.17) is 16.3 Å². The standard InChI is InChI=1S/C16H17ClN2O2/c1-4-21-14-7-10(2)5-6-13(14)19-16(20)12-8-11(3)18-15(17)9-12/h5-9H,4H2,1-3H3,(H,19,20). The lowest BCUT2D eigenvalue weighted by atomic mass is 10.2. The number of nitrogens with one attached hydrogen (secondary N) is 1. The lowest BCUT2D eigenvalue weighted by Gasteiger charge is -2.12. The molecule has 1 aromatic carbocycles. The molecule has 5 heteroatoms. The smallest absolute Gasteiger partial charge is 0.255 e. The summed E-state index contributed by atoms with van der Waals surface area (Å²) in [6.45, 7) is 6.20. The number of ether oxygens (including phenoxy) is 1. The molecule has 4 nitrogen and oxygen atoms in total. The molecule has 1 N–H and O–H groups in total. The van der Waals surface area contributed by atoms with Gasteiger partial charge in [-0.2, -0.15) is 0 Å². The number of pyridine rings is 1. The maximum Gasteiger partial charge on any atom is 0.255 e. The molecule has 1 heterocycles. The highest BCUT2D eigenvalue weighted by Gasteiger charge is 2.11. The van der Waals surface area contributed by atoms with Gasteiger partial charge in [-0.05, 0) is 50.6 Å². The Labute approximate surface area is 129 Å². The van der Waals surface area contributed by atoms with Gasteiger partial charge in [0.05, 0.1) is 12.3 Å². The van der Waals surface area contributed by atoms with E-state index in [0.29, 0.717) is 34.5 Å². The van der Waals surface area contributed by atoms with Crippen LogP contribution in [-0.4, -0.2) is 17.5 Å². The van der Waals surface area contributed by atoms with Crippen LogP contribution in [0, 0.1) is 13.8 Å². The number of nitrogens with zero attached hydrogens (tertiary/aromatic N) is 1. The van der Waals surface area contributed by atoms with E-state index >= 15 is 0 Å². The molecule has 0 atom stereocenters. The Morgan fingerprint density at radius 3 is 2.71 bits per heavy atom. The van der Waals surface area contributed by atoms with Gasteiger partial charge >= 0.3 is 0 Å². The molecule has 0 saturated carbocycles. The van der Waals surface area contributed by atoms with Gasteiger partial charge < -0.3 is 10.1 Å². The molecular weight excluding hydrogens is 288 g/mol. The second-order valence-corrected chi connectivity index (χ2v) is 5.09. The van der Waals surface area contributed by atoms with Crippen molar-refractivity contribution in [2.45, 2.75) is 20.8 Å². The molecule has 2 aromatic rings. The van der Waals surface area contributed by atoms with E-state index in [-0.39, 0.29) is 5.91 Å². The summed E-state index contributed by atoms with van der Waals surface area (Å²) in [6, 6.07) is 8.87. The van der Waals surface area contributed by atoms with E-state index in [0.717, 1.165) is 5.56 Å². The average molecular weight is 305 g/mol. The molecule has 0 aliphatic carbocycles. The first-order chi connectivity index (χ1) is 9.99. The molecule has 1 amide bonds. The molecule has 1 aromatic heterocycles. The van der Waals surface area contributed by atoms with E-state index in [1.54, 1.807) is 19.1 Å². The SMILES string of the molecule is CCOc1cc(C)ccc1NC(=O)c1cc(C)nc(Cl)c1. The van der Waals surface area contributed by atoms with E-state index in [1.807, 2.05) is 32.0 Å². The highest BCUT2D eigenvalue weighted by Crippen LogP contribution is 2.26. The fourth-order valence-corrected chi connectivity index (χ4v) is 2.21. The van der Waals surface area contributed by atoms with Crippen LogP contribution < -0.4 is 10.1 Å². The molecule has 0 spiro atoms. The molecule has 0 aliphatic rings. The zero-order chi connectivity index (χ0) is 15.4. The zero-order valence-electron chi connectivity index (χ0n) is 12.2. The molecule has 0 aliphatic heterocycles. The molecule has 0 saturated heterocycles. The van der Waals surface area contributed by atoms with Crippen molar-refractivity contribution in [2.75, 3.05) is 11.9 Å². The van der Waals surface area contributed by atoms with Crippen LogP contribution in [0.4, 0.5) is 5.69 Å². The lowest BCUT2D eigenvalue weighted by Crippen LogP contribution is -2.13. The van der Waals surface area contributed by atoms with Crippen LogP contribution in [0.3, 0.4) is 0 Å². The van der Waals surface area contributed by atoms with E-state index in [1.165, 1.54) is 0 Å². The van der Waals surface area contributed by atoms with Gasteiger partial charge in [0.2, 0.25) is 0 Å². The number of hydrogen-bond acceptors (Lipinski definition) is 3. The molecular formula is C16H17ClN2O2. The van der Waals surface area contributed by atoms with E-state index in [2.05, 4.69) is 10.3 Å².